The zero-order chi connectivity index (χ0) is 12.9. The van der Waals surface area contributed by atoms with E-state index in [1.165, 1.54) is 31.4 Å². The van der Waals surface area contributed by atoms with Gasteiger partial charge in [-0.15, -0.1) is 0 Å². The van der Waals surface area contributed by atoms with Gasteiger partial charge in [-0.1, -0.05) is 18.2 Å². The van der Waals surface area contributed by atoms with Crippen molar-refractivity contribution in [3.05, 3.63) is 30.3 Å². The van der Waals surface area contributed by atoms with Gasteiger partial charge in [-0.3, -0.25) is 0 Å². The third kappa shape index (κ3) is 3.48. The Bertz CT molecular complexity index is 376. The van der Waals surface area contributed by atoms with Crippen LogP contribution in [0.5, 0.6) is 0 Å². The molecule has 3 heteroatoms. The summed E-state index contributed by atoms with van der Waals surface area (Å²) < 4.78 is 6.30. The summed E-state index contributed by atoms with van der Waals surface area (Å²) in [6, 6.07) is 10.7. The highest BCUT2D eigenvalue weighted by Crippen LogP contribution is 2.23. The Morgan fingerprint density at radius 3 is 2.58 bits per heavy atom. The maximum absolute atomic E-state index is 6.30. The van der Waals surface area contributed by atoms with Crippen LogP contribution in [0.25, 0.3) is 0 Å². The first-order valence-electron chi connectivity index (χ1n) is 7.58. The second-order valence-electron chi connectivity index (χ2n) is 5.63. The number of anilines is 1. The molecule has 104 valence electrons. The summed E-state index contributed by atoms with van der Waals surface area (Å²) in [5.74, 6) is 0. The predicted octanol–water partition coefficient (Wildman–Crippen LogP) is 2.42. The van der Waals surface area contributed by atoms with Gasteiger partial charge in [-0.05, 0) is 50.9 Å². The number of nitrogens with zero attached hydrogens (tertiary/aromatic N) is 1. The minimum absolute atomic E-state index is 0.414. The van der Waals surface area contributed by atoms with Crippen molar-refractivity contribution in [2.24, 2.45) is 0 Å². The highest BCUT2D eigenvalue weighted by molar-refractivity contribution is 5.46. The van der Waals surface area contributed by atoms with Crippen LogP contribution in [0.3, 0.4) is 0 Å². The molecule has 2 aliphatic heterocycles. The van der Waals surface area contributed by atoms with E-state index in [0.29, 0.717) is 12.2 Å². The molecule has 0 amide bonds. The van der Waals surface area contributed by atoms with Gasteiger partial charge in [0.25, 0.3) is 0 Å². The lowest BCUT2D eigenvalue weighted by atomic mass is 10.1. The number of para-hydroxylation sites is 1. The molecule has 0 saturated carbocycles. The molecule has 2 fully saturated rings. The number of benzene rings is 1. The van der Waals surface area contributed by atoms with E-state index in [9.17, 15) is 0 Å². The fraction of sp³-hybridized carbons (Fsp3) is 0.625. The number of ether oxygens (including phenoxy) is 1. The van der Waals surface area contributed by atoms with E-state index in [1.54, 1.807) is 0 Å². The molecule has 1 N–H and O–H groups in total. The number of hydrogen-bond donors (Lipinski definition) is 1. The molecular formula is C16H24N2O. The molecule has 2 heterocycles. The van der Waals surface area contributed by atoms with Crippen molar-refractivity contribution in [3.63, 3.8) is 0 Å². The summed E-state index contributed by atoms with van der Waals surface area (Å²) in [5, 5.41) is 3.40. The van der Waals surface area contributed by atoms with E-state index in [1.807, 2.05) is 0 Å². The SMILES string of the molecule is c1ccc(N2CCCC(OC3CCNCC3)C2)cc1. The average molecular weight is 260 g/mol. The van der Waals surface area contributed by atoms with Gasteiger partial charge in [0.05, 0.1) is 12.2 Å². The molecule has 0 aromatic heterocycles. The van der Waals surface area contributed by atoms with E-state index in [4.69, 9.17) is 4.74 Å². The van der Waals surface area contributed by atoms with Gasteiger partial charge in [-0.2, -0.15) is 0 Å². The Hall–Kier alpha value is -1.06. The van der Waals surface area contributed by atoms with Crippen LogP contribution in [0, 0.1) is 0 Å². The molecule has 3 rings (SSSR count). The lowest BCUT2D eigenvalue weighted by Gasteiger charge is -2.37. The van der Waals surface area contributed by atoms with Crippen molar-refractivity contribution in [2.75, 3.05) is 31.1 Å². The third-order valence-electron chi connectivity index (χ3n) is 4.17. The minimum Gasteiger partial charge on any atom is -0.373 e. The summed E-state index contributed by atoms with van der Waals surface area (Å²) in [4.78, 5) is 2.47. The van der Waals surface area contributed by atoms with Crippen molar-refractivity contribution in [3.8, 4) is 0 Å². The van der Waals surface area contributed by atoms with E-state index in [0.717, 1.165) is 26.2 Å². The maximum atomic E-state index is 6.30. The van der Waals surface area contributed by atoms with E-state index >= 15 is 0 Å². The molecule has 1 aromatic rings. The molecule has 19 heavy (non-hydrogen) atoms. The maximum Gasteiger partial charge on any atom is 0.0754 e. The summed E-state index contributed by atoms with van der Waals surface area (Å²) in [6.45, 7) is 4.43. The quantitative estimate of drug-likeness (QED) is 0.903. The Morgan fingerprint density at radius 2 is 1.79 bits per heavy atom. The van der Waals surface area contributed by atoms with Gasteiger partial charge in [-0.25, -0.2) is 0 Å². The van der Waals surface area contributed by atoms with E-state index < -0.39 is 0 Å². The van der Waals surface area contributed by atoms with Crippen molar-refractivity contribution >= 4 is 5.69 Å². The number of rotatable bonds is 3. The van der Waals surface area contributed by atoms with Gasteiger partial charge in [0.15, 0.2) is 0 Å². The van der Waals surface area contributed by atoms with Crippen LogP contribution in [-0.4, -0.2) is 38.4 Å². The van der Waals surface area contributed by atoms with Crippen LogP contribution in [0.15, 0.2) is 30.3 Å². The number of nitrogens with one attached hydrogen (secondary N) is 1. The fourth-order valence-electron chi connectivity index (χ4n) is 3.13. The molecule has 0 bridgehead atoms. The van der Waals surface area contributed by atoms with Gasteiger partial charge in [0, 0.05) is 18.8 Å². The molecular weight excluding hydrogens is 236 g/mol. The first kappa shape index (κ1) is 12.9. The molecule has 1 atom stereocenters. The first-order chi connectivity index (χ1) is 9.42. The van der Waals surface area contributed by atoms with Crippen molar-refractivity contribution < 1.29 is 4.74 Å². The van der Waals surface area contributed by atoms with Gasteiger partial charge in [0.2, 0.25) is 0 Å². The van der Waals surface area contributed by atoms with Crippen LogP contribution in [0.1, 0.15) is 25.7 Å². The predicted molar refractivity (Wildman–Crippen MR) is 78.7 cm³/mol. The Kier molecular flexibility index (Phi) is 4.36. The normalized spacial score (nSPS) is 25.5. The molecule has 3 nitrogen and oxygen atoms in total. The van der Waals surface area contributed by atoms with Crippen molar-refractivity contribution in [1.82, 2.24) is 5.32 Å². The van der Waals surface area contributed by atoms with Crippen molar-refractivity contribution in [1.29, 1.82) is 0 Å². The minimum atomic E-state index is 0.414. The number of piperidine rings is 2. The van der Waals surface area contributed by atoms with Crippen molar-refractivity contribution in [2.45, 2.75) is 37.9 Å². The summed E-state index contributed by atoms with van der Waals surface area (Å²) in [6.07, 6.45) is 5.68. The summed E-state index contributed by atoms with van der Waals surface area (Å²) in [5.41, 5.74) is 1.33. The van der Waals surface area contributed by atoms with Gasteiger partial charge < -0.3 is 15.0 Å². The molecule has 1 aromatic carbocycles. The van der Waals surface area contributed by atoms with Crippen LogP contribution >= 0.6 is 0 Å². The standard InChI is InChI=1S/C16H24N2O/c1-2-5-14(6-3-1)18-12-4-7-16(13-18)19-15-8-10-17-11-9-15/h1-3,5-6,15-17H,4,7-13H2. The highest BCUT2D eigenvalue weighted by atomic mass is 16.5. The third-order valence-corrected chi connectivity index (χ3v) is 4.17. The monoisotopic (exact) mass is 260 g/mol. The average Bonchev–Trinajstić information content (AvgIpc) is 2.49. The molecule has 0 aliphatic carbocycles. The molecule has 1 unspecified atom stereocenters. The van der Waals surface area contributed by atoms with Crippen LogP contribution in [0.2, 0.25) is 0 Å². The zero-order valence-corrected chi connectivity index (χ0v) is 11.6. The summed E-state index contributed by atoms with van der Waals surface area (Å²) in [7, 11) is 0. The van der Waals surface area contributed by atoms with Gasteiger partial charge in [0.1, 0.15) is 0 Å². The lowest BCUT2D eigenvalue weighted by molar-refractivity contribution is -0.0313. The molecule has 2 aliphatic rings. The topological polar surface area (TPSA) is 24.5 Å². The molecule has 2 saturated heterocycles. The largest absolute Gasteiger partial charge is 0.373 e. The lowest BCUT2D eigenvalue weighted by Crippen LogP contribution is -2.43. The molecule has 0 radical (unpaired) electrons. The van der Waals surface area contributed by atoms with Gasteiger partial charge >= 0.3 is 0 Å². The van der Waals surface area contributed by atoms with Crippen LogP contribution in [-0.2, 0) is 4.74 Å². The smallest absolute Gasteiger partial charge is 0.0754 e. The first-order valence-corrected chi connectivity index (χ1v) is 7.58. The van der Waals surface area contributed by atoms with Crippen LogP contribution < -0.4 is 10.2 Å². The fourth-order valence-corrected chi connectivity index (χ4v) is 3.13. The zero-order valence-electron chi connectivity index (χ0n) is 11.6. The Morgan fingerprint density at radius 1 is 1.00 bits per heavy atom. The van der Waals surface area contributed by atoms with Crippen LogP contribution in [0.4, 0.5) is 5.69 Å². The highest BCUT2D eigenvalue weighted by Gasteiger charge is 2.24. The summed E-state index contributed by atoms with van der Waals surface area (Å²) >= 11 is 0. The Balaban J connectivity index is 1.55. The second kappa shape index (κ2) is 6.40. The molecule has 0 spiro atoms. The van der Waals surface area contributed by atoms with E-state index in [2.05, 4.69) is 40.5 Å². The number of hydrogen-bond acceptors (Lipinski definition) is 3. The van der Waals surface area contributed by atoms with E-state index in [-0.39, 0.29) is 0 Å². The second-order valence-corrected chi connectivity index (χ2v) is 5.63. The Labute approximate surface area is 115 Å².